The number of rotatable bonds is 4. The quantitative estimate of drug-likeness (QED) is 0.873. The zero-order chi connectivity index (χ0) is 15.5. The van der Waals surface area contributed by atoms with Crippen LogP contribution in [0.2, 0.25) is 0 Å². The van der Waals surface area contributed by atoms with E-state index in [9.17, 15) is 9.59 Å². The summed E-state index contributed by atoms with van der Waals surface area (Å²) in [5.41, 5.74) is 0.985. The lowest BCUT2D eigenvalue weighted by molar-refractivity contribution is -0.142. The van der Waals surface area contributed by atoms with Gasteiger partial charge >= 0.3 is 5.97 Å². The van der Waals surface area contributed by atoms with Gasteiger partial charge in [-0.15, -0.1) is 0 Å². The molecule has 0 radical (unpaired) electrons. The van der Waals surface area contributed by atoms with Crippen LogP contribution in [0.1, 0.15) is 30.9 Å². The van der Waals surface area contributed by atoms with Gasteiger partial charge in [-0.3, -0.25) is 14.5 Å². The van der Waals surface area contributed by atoms with Gasteiger partial charge in [-0.1, -0.05) is 18.2 Å². The predicted octanol–water partition coefficient (Wildman–Crippen LogP) is 1.18. The molecule has 3 rings (SSSR count). The minimum absolute atomic E-state index is 0.0664. The molecule has 0 bridgehead atoms. The van der Waals surface area contributed by atoms with Crippen molar-refractivity contribution in [2.45, 2.75) is 31.3 Å². The van der Waals surface area contributed by atoms with Crippen LogP contribution in [-0.2, 0) is 9.59 Å². The molecular formula is C16H20N2O4. The number of carboxylic acids is 1. The number of hydrogen-bond acceptors (Lipinski definition) is 4. The molecule has 2 N–H and O–H groups in total. The van der Waals surface area contributed by atoms with Crippen molar-refractivity contribution in [1.29, 1.82) is 0 Å². The van der Waals surface area contributed by atoms with Crippen molar-refractivity contribution < 1.29 is 19.4 Å². The highest BCUT2D eigenvalue weighted by molar-refractivity contribution is 5.80. The summed E-state index contributed by atoms with van der Waals surface area (Å²) in [5, 5.41) is 12.2. The summed E-state index contributed by atoms with van der Waals surface area (Å²) in [6.07, 6.45) is 2.16. The van der Waals surface area contributed by atoms with Gasteiger partial charge in [0, 0.05) is 12.0 Å². The first kappa shape index (κ1) is 14.8. The van der Waals surface area contributed by atoms with Crippen molar-refractivity contribution in [3.8, 4) is 5.75 Å². The number of carbonyl (C=O) groups excluding carboxylic acids is 1. The Balaban J connectivity index is 1.62. The van der Waals surface area contributed by atoms with E-state index in [0.717, 1.165) is 24.2 Å². The van der Waals surface area contributed by atoms with E-state index < -0.39 is 12.0 Å². The molecule has 118 valence electrons. The molecule has 0 spiro atoms. The second-order valence-corrected chi connectivity index (χ2v) is 5.76. The molecule has 1 fully saturated rings. The molecule has 2 aliphatic rings. The average molecular weight is 304 g/mol. The van der Waals surface area contributed by atoms with Crippen molar-refractivity contribution in [1.82, 2.24) is 10.2 Å². The van der Waals surface area contributed by atoms with Gasteiger partial charge in [-0.25, -0.2) is 0 Å². The number of carboxylic acid groups (broad SMARTS) is 1. The van der Waals surface area contributed by atoms with Gasteiger partial charge in [0.25, 0.3) is 0 Å². The summed E-state index contributed by atoms with van der Waals surface area (Å²) < 4.78 is 5.58. The van der Waals surface area contributed by atoms with Crippen LogP contribution < -0.4 is 10.1 Å². The minimum Gasteiger partial charge on any atom is -0.493 e. The topological polar surface area (TPSA) is 78.9 Å². The largest absolute Gasteiger partial charge is 0.493 e. The van der Waals surface area contributed by atoms with Gasteiger partial charge in [0.1, 0.15) is 11.8 Å². The number of fused-ring (bicyclic) bond motifs is 1. The predicted molar refractivity (Wildman–Crippen MR) is 79.7 cm³/mol. The number of hydrogen-bond donors (Lipinski definition) is 2. The van der Waals surface area contributed by atoms with E-state index in [2.05, 4.69) is 5.32 Å². The molecule has 0 aromatic heterocycles. The lowest BCUT2D eigenvalue weighted by Crippen LogP contribution is -2.44. The summed E-state index contributed by atoms with van der Waals surface area (Å²) >= 11 is 0. The van der Waals surface area contributed by atoms with Crippen LogP contribution in [0.15, 0.2) is 24.3 Å². The Morgan fingerprint density at radius 2 is 2.14 bits per heavy atom. The highest BCUT2D eigenvalue weighted by atomic mass is 16.5. The zero-order valence-electron chi connectivity index (χ0n) is 12.3. The van der Waals surface area contributed by atoms with E-state index >= 15 is 0 Å². The van der Waals surface area contributed by atoms with Crippen LogP contribution in [0.5, 0.6) is 5.75 Å². The van der Waals surface area contributed by atoms with Crippen LogP contribution in [0.4, 0.5) is 0 Å². The van der Waals surface area contributed by atoms with Gasteiger partial charge in [-0.05, 0) is 25.5 Å². The van der Waals surface area contributed by atoms with Crippen molar-refractivity contribution >= 4 is 11.9 Å². The maximum absolute atomic E-state index is 12.3. The minimum atomic E-state index is -0.846. The fraction of sp³-hybridized carbons (Fsp3) is 0.500. The molecule has 0 aliphatic carbocycles. The second kappa shape index (κ2) is 6.36. The van der Waals surface area contributed by atoms with E-state index in [1.807, 2.05) is 24.3 Å². The third-order valence-corrected chi connectivity index (χ3v) is 4.29. The van der Waals surface area contributed by atoms with Gasteiger partial charge in [0.05, 0.1) is 19.2 Å². The molecule has 22 heavy (non-hydrogen) atoms. The maximum atomic E-state index is 12.3. The van der Waals surface area contributed by atoms with E-state index in [-0.39, 0.29) is 18.5 Å². The molecule has 2 aliphatic heterocycles. The molecule has 0 saturated carbocycles. The molecule has 1 amide bonds. The van der Waals surface area contributed by atoms with Crippen molar-refractivity contribution in [3.63, 3.8) is 0 Å². The third kappa shape index (κ3) is 3.06. The van der Waals surface area contributed by atoms with Gasteiger partial charge < -0.3 is 15.2 Å². The summed E-state index contributed by atoms with van der Waals surface area (Å²) in [7, 11) is 0. The third-order valence-electron chi connectivity index (χ3n) is 4.29. The van der Waals surface area contributed by atoms with E-state index in [0.29, 0.717) is 19.6 Å². The molecule has 1 aromatic carbocycles. The molecule has 2 heterocycles. The number of nitrogens with one attached hydrogen (secondary N) is 1. The molecule has 1 aromatic rings. The molecule has 6 nitrogen and oxygen atoms in total. The highest BCUT2D eigenvalue weighted by Gasteiger charge is 2.32. The Morgan fingerprint density at radius 3 is 2.95 bits per heavy atom. The Kier molecular flexibility index (Phi) is 4.29. The number of amides is 1. The van der Waals surface area contributed by atoms with Gasteiger partial charge in [0.2, 0.25) is 5.91 Å². The first-order chi connectivity index (χ1) is 10.6. The van der Waals surface area contributed by atoms with Crippen LogP contribution in [0.3, 0.4) is 0 Å². The summed E-state index contributed by atoms with van der Waals surface area (Å²) in [4.78, 5) is 25.2. The smallest absolute Gasteiger partial charge is 0.320 e. The van der Waals surface area contributed by atoms with Crippen LogP contribution >= 0.6 is 0 Å². The highest BCUT2D eigenvalue weighted by Crippen LogP contribution is 2.31. The monoisotopic (exact) mass is 304 g/mol. The number of aliphatic carboxylic acids is 1. The number of carbonyl (C=O) groups is 2. The number of para-hydroxylation sites is 1. The second-order valence-electron chi connectivity index (χ2n) is 5.76. The Hall–Kier alpha value is -2.08. The number of ether oxygens (including phenoxy) is 1. The first-order valence-electron chi connectivity index (χ1n) is 7.63. The lowest BCUT2D eigenvalue weighted by Gasteiger charge is -2.28. The zero-order valence-corrected chi connectivity index (χ0v) is 12.3. The standard InChI is InChI=1S/C16H20N2O4/c19-15(10-18-8-3-5-13(18)16(20)21)17-12-7-9-22-14-6-2-1-4-11(12)14/h1-2,4,6,12-13H,3,5,7-10H2,(H,17,19)(H,20,21). The fourth-order valence-corrected chi connectivity index (χ4v) is 3.21. The van der Waals surface area contributed by atoms with Gasteiger partial charge in [-0.2, -0.15) is 0 Å². The summed E-state index contributed by atoms with van der Waals surface area (Å²) in [6.45, 7) is 1.37. The summed E-state index contributed by atoms with van der Waals surface area (Å²) in [6, 6.07) is 7.08. The average Bonchev–Trinajstić information content (AvgIpc) is 2.96. The maximum Gasteiger partial charge on any atom is 0.320 e. The molecule has 2 atom stereocenters. The normalized spacial score (nSPS) is 24.4. The molecule has 1 saturated heterocycles. The molecule has 6 heteroatoms. The Bertz CT molecular complexity index is 575. The van der Waals surface area contributed by atoms with Gasteiger partial charge in [0.15, 0.2) is 0 Å². The Morgan fingerprint density at radius 1 is 1.32 bits per heavy atom. The summed E-state index contributed by atoms with van der Waals surface area (Å²) in [5.74, 6) is -0.166. The van der Waals surface area contributed by atoms with Crippen molar-refractivity contribution in [2.24, 2.45) is 0 Å². The molecule has 2 unspecified atom stereocenters. The molecular weight excluding hydrogens is 284 g/mol. The van der Waals surface area contributed by atoms with Crippen LogP contribution in [0.25, 0.3) is 0 Å². The van der Waals surface area contributed by atoms with E-state index in [1.54, 1.807) is 4.90 Å². The lowest BCUT2D eigenvalue weighted by atomic mass is 10.0. The SMILES string of the molecule is O=C(CN1CCCC1C(=O)O)NC1CCOc2ccccc21. The fourth-order valence-electron chi connectivity index (χ4n) is 3.21. The number of benzene rings is 1. The van der Waals surface area contributed by atoms with E-state index in [4.69, 9.17) is 9.84 Å². The van der Waals surface area contributed by atoms with E-state index in [1.165, 1.54) is 0 Å². The van der Waals surface area contributed by atoms with Crippen LogP contribution in [0, 0.1) is 0 Å². The first-order valence-corrected chi connectivity index (χ1v) is 7.63. The number of likely N-dealkylation sites (tertiary alicyclic amines) is 1. The number of nitrogens with zero attached hydrogens (tertiary/aromatic N) is 1. The van der Waals surface area contributed by atoms with Crippen LogP contribution in [-0.4, -0.2) is 47.6 Å². The van der Waals surface area contributed by atoms with Crippen molar-refractivity contribution in [3.05, 3.63) is 29.8 Å². The van der Waals surface area contributed by atoms with Crippen molar-refractivity contribution in [2.75, 3.05) is 19.7 Å². The Labute approximate surface area is 129 Å².